The molecule has 0 aliphatic heterocycles. The molecule has 1 radical (unpaired) electrons. The fourth-order valence-corrected chi connectivity index (χ4v) is 0. The van der Waals surface area contributed by atoms with Gasteiger partial charge < -0.3 is 14.7 Å². The quantitative estimate of drug-likeness (QED) is 0.276. The van der Waals surface area contributed by atoms with E-state index in [1.165, 1.54) is 0 Å². The summed E-state index contributed by atoms with van der Waals surface area (Å²) in [6.07, 6.45) is 0. The molecule has 6 heteroatoms. The van der Waals surface area contributed by atoms with E-state index in [1.54, 1.807) is 0 Å². The van der Waals surface area contributed by atoms with Crippen LogP contribution in [-0.4, -0.2) is 52.4 Å². The van der Waals surface area contributed by atoms with Gasteiger partial charge in [0, 0.05) is 1.43 Å². The summed E-state index contributed by atoms with van der Waals surface area (Å²) in [5, 5.41) is 0. The predicted octanol–water partition coefficient (Wildman–Crippen LogP) is -1.73. The van der Waals surface area contributed by atoms with Crippen molar-refractivity contribution in [2.75, 3.05) is 0 Å². The topological polar surface area (TPSA) is 77.8 Å². The van der Waals surface area contributed by atoms with Gasteiger partial charge in [-0.2, -0.15) is 0 Å². The second kappa shape index (κ2) is 3.38. The fourth-order valence-electron chi connectivity index (χ4n) is 0. The minimum atomic E-state index is -4.64. The molecule has 0 aliphatic rings. The van der Waals surface area contributed by atoms with Crippen LogP contribution < -0.4 is 0 Å². The summed E-state index contributed by atoms with van der Waals surface area (Å²) < 4.78 is 8.88. The molecule has 6 heavy (non-hydrogen) atoms. The number of phosphoric acid groups is 1. The van der Waals surface area contributed by atoms with Crippen LogP contribution >= 0.6 is 7.82 Å². The first-order valence-corrected chi connectivity index (χ1v) is 2.35. The Bertz CT molecular complexity index is 57.8. The van der Waals surface area contributed by atoms with Crippen LogP contribution in [0, 0.1) is 0 Å². The molecule has 0 aromatic heterocycles. The van der Waals surface area contributed by atoms with Crippen LogP contribution in [0.15, 0.2) is 0 Å². The van der Waals surface area contributed by atoms with Gasteiger partial charge in [0.25, 0.3) is 0 Å². The third kappa shape index (κ3) is 54.6. The van der Waals surface area contributed by atoms with E-state index in [9.17, 15) is 0 Å². The van der Waals surface area contributed by atoms with Gasteiger partial charge in [0.2, 0.25) is 0 Å². The third-order valence-electron chi connectivity index (χ3n) is 0. The van der Waals surface area contributed by atoms with Gasteiger partial charge >= 0.3 is 45.6 Å². The van der Waals surface area contributed by atoms with Crippen molar-refractivity contribution in [2.45, 2.75) is 0 Å². The van der Waals surface area contributed by atoms with Gasteiger partial charge in [-0.25, -0.2) is 4.57 Å². The molecule has 37 valence electrons. The van der Waals surface area contributed by atoms with Crippen molar-refractivity contribution >= 4 is 45.6 Å². The van der Waals surface area contributed by atoms with Crippen molar-refractivity contribution in [3.63, 3.8) is 0 Å². The van der Waals surface area contributed by atoms with E-state index in [0.29, 0.717) is 0 Å². The van der Waals surface area contributed by atoms with Gasteiger partial charge in [-0.15, -0.1) is 0 Å². The zero-order chi connectivity index (χ0) is 4.50. The largest absolute Gasteiger partial charge is 0 e. The van der Waals surface area contributed by atoms with Crippen LogP contribution in [0.1, 0.15) is 1.43 Å². The Morgan fingerprint density at radius 1 is 1.33 bits per heavy atom. The molecule has 0 spiro atoms. The van der Waals surface area contributed by atoms with E-state index in [1.807, 2.05) is 0 Å². The molecule has 0 bridgehead atoms. The van der Waals surface area contributed by atoms with E-state index >= 15 is 0 Å². The molecule has 0 heterocycles. The second-order valence-corrected chi connectivity index (χ2v) is 1.54. The Hall–Kier alpha value is 1.37. The van der Waals surface area contributed by atoms with E-state index in [2.05, 4.69) is 0 Å². The Kier molecular flexibility index (Phi) is 5.84. The van der Waals surface area contributed by atoms with Crippen LogP contribution in [0.25, 0.3) is 0 Å². The maximum absolute atomic E-state index is 8.88. The number of hydrogen-bond donors (Lipinski definition) is 3. The average Bonchev–Trinajstić information content (AvgIpc) is 0.722. The molecule has 0 saturated carbocycles. The summed E-state index contributed by atoms with van der Waals surface area (Å²) in [6.45, 7) is 0. The Balaban J connectivity index is -0.0000000800. The van der Waals surface area contributed by atoms with Gasteiger partial charge in [-0.1, -0.05) is 0 Å². The molecule has 0 aromatic carbocycles. The zero-order valence-corrected chi connectivity index (χ0v) is 3.09. The summed E-state index contributed by atoms with van der Waals surface area (Å²) >= 11 is 0. The average molecular weight is 141 g/mol. The van der Waals surface area contributed by atoms with Crippen molar-refractivity contribution in [3.05, 3.63) is 0 Å². The van der Waals surface area contributed by atoms with Gasteiger partial charge in [0.15, 0.2) is 0 Å². The molecule has 0 fully saturated rings. The molecular formula is H6CaO4P. The molecule has 0 atom stereocenters. The summed E-state index contributed by atoms with van der Waals surface area (Å²) in [4.78, 5) is 21.6. The second-order valence-electron chi connectivity index (χ2n) is 0.513. The van der Waals surface area contributed by atoms with Crippen LogP contribution in [-0.2, 0) is 4.57 Å². The van der Waals surface area contributed by atoms with Crippen LogP contribution in [0.5, 0.6) is 0 Å². The zero-order valence-electron chi connectivity index (χ0n) is 3.20. The molecule has 0 saturated heterocycles. The van der Waals surface area contributed by atoms with E-state index in [-0.39, 0.29) is 39.2 Å². The SMILES string of the molecule is O=P(O)(O)O.[CaH2].[H]. The standard InChI is InChI=1S/Ca.H3O4P.3H/c;1-5(2,3)4;;;/h;(H3,1,2,3,4);;;. The van der Waals surface area contributed by atoms with Crippen molar-refractivity contribution < 1.29 is 20.7 Å². The van der Waals surface area contributed by atoms with E-state index in [4.69, 9.17) is 19.2 Å². The third-order valence-corrected chi connectivity index (χ3v) is 0. The molecule has 4 nitrogen and oxygen atoms in total. The summed E-state index contributed by atoms with van der Waals surface area (Å²) in [5.74, 6) is 0. The van der Waals surface area contributed by atoms with E-state index < -0.39 is 7.82 Å². The van der Waals surface area contributed by atoms with Crippen molar-refractivity contribution in [2.24, 2.45) is 0 Å². The van der Waals surface area contributed by atoms with Gasteiger partial charge in [-0.05, 0) is 0 Å². The smallest absolute Gasteiger partial charge is 0 e. The molecular weight excluding hydrogens is 135 g/mol. The first kappa shape index (κ1) is 10.4. The predicted molar refractivity (Wildman–Crippen MR) is 23.9 cm³/mol. The summed E-state index contributed by atoms with van der Waals surface area (Å²) in [5.41, 5.74) is 0. The minimum Gasteiger partial charge on any atom is 0 e. The molecule has 3 N–H and O–H groups in total. The Labute approximate surface area is 65.9 Å². The monoisotopic (exact) mass is 141 g/mol. The maximum atomic E-state index is 8.88. The van der Waals surface area contributed by atoms with Crippen LogP contribution in [0.2, 0.25) is 0 Å². The number of hydrogen-bond acceptors (Lipinski definition) is 1. The van der Waals surface area contributed by atoms with Crippen molar-refractivity contribution in [1.82, 2.24) is 0 Å². The molecule has 0 aromatic rings. The summed E-state index contributed by atoms with van der Waals surface area (Å²) in [7, 11) is -4.64. The van der Waals surface area contributed by atoms with Crippen molar-refractivity contribution in [3.8, 4) is 0 Å². The Morgan fingerprint density at radius 2 is 1.33 bits per heavy atom. The van der Waals surface area contributed by atoms with Crippen molar-refractivity contribution in [1.29, 1.82) is 0 Å². The first-order chi connectivity index (χ1) is 2.00. The summed E-state index contributed by atoms with van der Waals surface area (Å²) in [6, 6.07) is 0. The molecule has 0 unspecified atom stereocenters. The molecule has 0 aliphatic carbocycles. The molecule has 0 amide bonds. The first-order valence-electron chi connectivity index (χ1n) is 0.783. The van der Waals surface area contributed by atoms with Crippen LogP contribution in [0.3, 0.4) is 0 Å². The normalized spacial score (nSPS) is 9.83. The fraction of sp³-hybridized carbons (Fsp3) is 0. The number of rotatable bonds is 0. The van der Waals surface area contributed by atoms with Gasteiger partial charge in [-0.3, -0.25) is 0 Å². The van der Waals surface area contributed by atoms with Gasteiger partial charge in [0.1, 0.15) is 0 Å². The minimum absolute atomic E-state index is 0. The molecule has 0 rings (SSSR count). The van der Waals surface area contributed by atoms with Gasteiger partial charge in [0.05, 0.1) is 0 Å². The van der Waals surface area contributed by atoms with E-state index in [0.717, 1.165) is 0 Å². The van der Waals surface area contributed by atoms with Crippen LogP contribution in [0.4, 0.5) is 0 Å². The maximum Gasteiger partial charge on any atom is 0 e. The Morgan fingerprint density at radius 3 is 1.33 bits per heavy atom.